The van der Waals surface area contributed by atoms with Crippen LogP contribution in [0.4, 0.5) is 0 Å². The largest absolute Gasteiger partial charge is 0.383 e. The maximum absolute atomic E-state index is 5.17. The van der Waals surface area contributed by atoms with Gasteiger partial charge in [-0.1, -0.05) is 27.2 Å². The van der Waals surface area contributed by atoms with Crippen LogP contribution in [-0.2, 0) is 4.74 Å². The molecule has 0 radical (unpaired) electrons. The van der Waals surface area contributed by atoms with Crippen LogP contribution in [0.5, 0.6) is 0 Å². The Morgan fingerprint density at radius 2 is 1.94 bits per heavy atom. The van der Waals surface area contributed by atoms with Crippen molar-refractivity contribution in [3.63, 3.8) is 0 Å². The molecule has 0 fully saturated rings. The maximum Gasteiger partial charge on any atom is 0.0589 e. The molecule has 3 heteroatoms. The van der Waals surface area contributed by atoms with E-state index in [-0.39, 0.29) is 0 Å². The van der Waals surface area contributed by atoms with Crippen LogP contribution in [0.1, 0.15) is 33.6 Å². The van der Waals surface area contributed by atoms with Gasteiger partial charge in [0.05, 0.1) is 6.61 Å². The molecule has 0 aromatic rings. The highest BCUT2D eigenvalue weighted by molar-refractivity contribution is 4.71. The predicted molar refractivity (Wildman–Crippen MR) is 70.9 cm³/mol. The number of nitrogens with zero attached hydrogens (tertiary/aromatic N) is 1. The fourth-order valence-electron chi connectivity index (χ4n) is 1.98. The molecular weight excluding hydrogens is 200 g/mol. The molecule has 0 spiro atoms. The predicted octanol–water partition coefficient (Wildman–Crippen LogP) is 1.98. The van der Waals surface area contributed by atoms with Crippen LogP contribution in [0, 0.1) is 5.92 Å². The first-order chi connectivity index (χ1) is 7.63. The van der Waals surface area contributed by atoms with Gasteiger partial charge in [-0.05, 0) is 19.4 Å². The molecule has 0 aliphatic carbocycles. The van der Waals surface area contributed by atoms with Gasteiger partial charge in [0, 0.05) is 32.8 Å². The third-order valence-electron chi connectivity index (χ3n) is 2.76. The van der Waals surface area contributed by atoms with Gasteiger partial charge >= 0.3 is 0 Å². The van der Waals surface area contributed by atoms with Crippen molar-refractivity contribution in [1.29, 1.82) is 0 Å². The van der Waals surface area contributed by atoms with Crippen molar-refractivity contribution in [2.24, 2.45) is 5.92 Å². The lowest BCUT2D eigenvalue weighted by Gasteiger charge is -2.28. The van der Waals surface area contributed by atoms with Gasteiger partial charge in [0.1, 0.15) is 0 Å². The van der Waals surface area contributed by atoms with Crippen LogP contribution >= 0.6 is 0 Å². The normalized spacial score (nSPS) is 13.7. The van der Waals surface area contributed by atoms with Crippen LogP contribution in [-0.4, -0.2) is 51.3 Å². The fourth-order valence-corrected chi connectivity index (χ4v) is 1.98. The van der Waals surface area contributed by atoms with Crippen LogP contribution in [0.3, 0.4) is 0 Å². The third-order valence-corrected chi connectivity index (χ3v) is 2.76. The number of hydrogen-bond acceptors (Lipinski definition) is 3. The van der Waals surface area contributed by atoms with E-state index in [0.717, 1.165) is 32.2 Å². The zero-order valence-electron chi connectivity index (χ0n) is 11.8. The summed E-state index contributed by atoms with van der Waals surface area (Å²) in [6, 6.07) is 0.612. The minimum atomic E-state index is 0.612. The van der Waals surface area contributed by atoms with E-state index in [1.165, 1.54) is 12.8 Å². The van der Waals surface area contributed by atoms with Crippen molar-refractivity contribution in [2.45, 2.75) is 39.7 Å². The highest BCUT2D eigenvalue weighted by atomic mass is 16.5. The Labute approximate surface area is 102 Å². The Hall–Kier alpha value is -0.120. The number of methoxy groups -OCH3 is 1. The molecule has 1 N–H and O–H groups in total. The molecule has 98 valence electrons. The lowest BCUT2D eigenvalue weighted by molar-refractivity contribution is 0.132. The summed E-state index contributed by atoms with van der Waals surface area (Å²) < 4.78 is 5.17. The molecule has 0 bridgehead atoms. The van der Waals surface area contributed by atoms with Gasteiger partial charge in [-0.3, -0.25) is 4.90 Å². The van der Waals surface area contributed by atoms with Crippen LogP contribution in [0.2, 0.25) is 0 Å². The summed E-state index contributed by atoms with van der Waals surface area (Å²) in [5.41, 5.74) is 0. The minimum absolute atomic E-state index is 0.612. The molecule has 0 aromatic carbocycles. The molecule has 0 aromatic heterocycles. The Morgan fingerprint density at radius 3 is 2.38 bits per heavy atom. The molecule has 0 rings (SSSR count). The van der Waals surface area contributed by atoms with Crippen molar-refractivity contribution in [1.82, 2.24) is 10.2 Å². The Balaban J connectivity index is 4.04. The molecule has 0 heterocycles. The summed E-state index contributed by atoms with van der Waals surface area (Å²) in [7, 11) is 3.83. The smallest absolute Gasteiger partial charge is 0.0589 e. The molecule has 3 nitrogen and oxygen atoms in total. The highest BCUT2D eigenvalue weighted by Crippen LogP contribution is 2.03. The first-order valence-electron chi connectivity index (χ1n) is 6.52. The van der Waals surface area contributed by atoms with E-state index in [0.29, 0.717) is 6.04 Å². The average Bonchev–Trinajstić information content (AvgIpc) is 2.24. The van der Waals surface area contributed by atoms with Gasteiger partial charge in [-0.15, -0.1) is 0 Å². The van der Waals surface area contributed by atoms with E-state index in [1.807, 2.05) is 0 Å². The van der Waals surface area contributed by atoms with Gasteiger partial charge in [0.15, 0.2) is 0 Å². The van der Waals surface area contributed by atoms with E-state index >= 15 is 0 Å². The molecule has 0 amide bonds. The quantitative estimate of drug-likeness (QED) is 0.621. The second-order valence-corrected chi connectivity index (χ2v) is 4.92. The number of rotatable bonds is 10. The fraction of sp³-hybridized carbons (Fsp3) is 1.00. The number of likely N-dealkylation sites (N-methyl/N-ethyl adjacent to an activating group) is 1. The average molecular weight is 230 g/mol. The molecular formula is C13H30N2O. The summed E-state index contributed by atoms with van der Waals surface area (Å²) in [5.74, 6) is 0.719. The number of ether oxygens (including phenoxy) is 1. The second kappa shape index (κ2) is 10.1. The van der Waals surface area contributed by atoms with Crippen LogP contribution < -0.4 is 5.32 Å². The molecule has 0 saturated heterocycles. The summed E-state index contributed by atoms with van der Waals surface area (Å²) >= 11 is 0. The zero-order valence-corrected chi connectivity index (χ0v) is 11.8. The summed E-state index contributed by atoms with van der Waals surface area (Å²) in [6.45, 7) is 10.9. The Bertz CT molecular complexity index is 151. The van der Waals surface area contributed by atoms with E-state index in [4.69, 9.17) is 4.74 Å². The highest BCUT2D eigenvalue weighted by Gasteiger charge is 2.12. The first kappa shape index (κ1) is 15.9. The van der Waals surface area contributed by atoms with Gasteiger partial charge in [0.25, 0.3) is 0 Å². The van der Waals surface area contributed by atoms with Crippen molar-refractivity contribution < 1.29 is 4.74 Å². The van der Waals surface area contributed by atoms with Crippen molar-refractivity contribution in [3.05, 3.63) is 0 Å². The molecule has 1 unspecified atom stereocenters. The van der Waals surface area contributed by atoms with Gasteiger partial charge < -0.3 is 10.1 Å². The number of nitrogens with one attached hydrogen (secondary N) is 1. The van der Waals surface area contributed by atoms with Crippen molar-refractivity contribution in [2.75, 3.05) is 40.4 Å². The van der Waals surface area contributed by atoms with Crippen molar-refractivity contribution >= 4 is 0 Å². The summed E-state index contributed by atoms with van der Waals surface area (Å²) in [5, 5.41) is 3.40. The molecule has 0 aliphatic heterocycles. The van der Waals surface area contributed by atoms with Gasteiger partial charge in [0.2, 0.25) is 0 Å². The topological polar surface area (TPSA) is 24.5 Å². The van der Waals surface area contributed by atoms with E-state index in [2.05, 4.69) is 38.0 Å². The Morgan fingerprint density at radius 1 is 1.25 bits per heavy atom. The lowest BCUT2D eigenvalue weighted by Crippen LogP contribution is -2.42. The molecule has 0 aliphatic rings. The number of hydrogen-bond donors (Lipinski definition) is 1. The summed E-state index contributed by atoms with van der Waals surface area (Å²) in [6.07, 6.45) is 2.49. The van der Waals surface area contributed by atoms with E-state index in [1.54, 1.807) is 7.11 Å². The van der Waals surface area contributed by atoms with Gasteiger partial charge in [-0.25, -0.2) is 0 Å². The van der Waals surface area contributed by atoms with Crippen molar-refractivity contribution in [3.8, 4) is 0 Å². The van der Waals surface area contributed by atoms with E-state index in [9.17, 15) is 0 Å². The molecule has 1 atom stereocenters. The maximum atomic E-state index is 5.17. The summed E-state index contributed by atoms with van der Waals surface area (Å²) in [4.78, 5) is 2.50. The van der Waals surface area contributed by atoms with E-state index < -0.39 is 0 Å². The van der Waals surface area contributed by atoms with Crippen LogP contribution in [0.15, 0.2) is 0 Å². The van der Waals surface area contributed by atoms with Gasteiger partial charge in [-0.2, -0.15) is 0 Å². The Kier molecular flexibility index (Phi) is 9.99. The molecule has 16 heavy (non-hydrogen) atoms. The molecule has 0 saturated carbocycles. The standard InChI is InChI=1S/C13H30N2O/c1-6-7-13(14-4)11-15(8-9-16-5)10-12(2)3/h12-14H,6-11H2,1-5H3. The second-order valence-electron chi connectivity index (χ2n) is 4.92. The lowest BCUT2D eigenvalue weighted by atomic mass is 10.1. The third kappa shape index (κ3) is 8.08. The first-order valence-corrected chi connectivity index (χ1v) is 6.52. The zero-order chi connectivity index (χ0) is 12.4. The monoisotopic (exact) mass is 230 g/mol. The minimum Gasteiger partial charge on any atom is -0.383 e. The SMILES string of the molecule is CCCC(CN(CCOC)CC(C)C)NC. The van der Waals surface area contributed by atoms with Crippen LogP contribution in [0.25, 0.3) is 0 Å².